The Morgan fingerprint density at radius 3 is 2.28 bits per heavy atom. The number of aryl methyl sites for hydroxylation is 2. The molecular formula is C16H27NO. The van der Waals surface area contributed by atoms with Gasteiger partial charge < -0.3 is 10.0 Å². The van der Waals surface area contributed by atoms with Gasteiger partial charge in [-0.25, -0.2) is 0 Å². The Balaban J connectivity index is 2.64. The van der Waals surface area contributed by atoms with Gasteiger partial charge in [0.2, 0.25) is 0 Å². The van der Waals surface area contributed by atoms with Gasteiger partial charge in [-0.2, -0.15) is 0 Å². The summed E-state index contributed by atoms with van der Waals surface area (Å²) < 4.78 is 0. The molecule has 0 aliphatic heterocycles. The molecule has 0 radical (unpaired) electrons. The van der Waals surface area contributed by atoms with Crippen LogP contribution in [0.1, 0.15) is 43.6 Å². The Morgan fingerprint density at radius 2 is 1.78 bits per heavy atom. The summed E-state index contributed by atoms with van der Waals surface area (Å²) in [5.74, 6) is 0. The van der Waals surface area contributed by atoms with Gasteiger partial charge in [0.25, 0.3) is 0 Å². The molecule has 18 heavy (non-hydrogen) atoms. The van der Waals surface area contributed by atoms with Crippen molar-refractivity contribution in [2.75, 3.05) is 20.1 Å². The van der Waals surface area contributed by atoms with Gasteiger partial charge >= 0.3 is 0 Å². The van der Waals surface area contributed by atoms with Crippen LogP contribution in [0.5, 0.6) is 0 Å². The highest BCUT2D eigenvalue weighted by Crippen LogP contribution is 2.20. The molecule has 0 aliphatic rings. The first-order chi connectivity index (χ1) is 8.19. The van der Waals surface area contributed by atoms with E-state index in [9.17, 15) is 5.11 Å². The van der Waals surface area contributed by atoms with Gasteiger partial charge in [0.05, 0.1) is 6.10 Å². The van der Waals surface area contributed by atoms with Crippen molar-refractivity contribution >= 4 is 0 Å². The lowest BCUT2D eigenvalue weighted by atomic mass is 9.96. The van der Waals surface area contributed by atoms with Gasteiger partial charge in [-0.05, 0) is 43.0 Å². The van der Waals surface area contributed by atoms with Crippen molar-refractivity contribution in [2.45, 2.75) is 40.7 Å². The second kappa shape index (κ2) is 5.85. The number of benzene rings is 1. The number of nitrogens with zero attached hydrogens (tertiary/aromatic N) is 1. The molecule has 1 aromatic carbocycles. The molecule has 1 rings (SSSR count). The fraction of sp³-hybridized carbons (Fsp3) is 0.625. The summed E-state index contributed by atoms with van der Waals surface area (Å²) in [5.41, 5.74) is 3.79. The molecule has 0 aromatic heterocycles. The van der Waals surface area contributed by atoms with E-state index < -0.39 is 6.10 Å². The van der Waals surface area contributed by atoms with Gasteiger partial charge in [0.15, 0.2) is 0 Å². The highest BCUT2D eigenvalue weighted by atomic mass is 16.3. The summed E-state index contributed by atoms with van der Waals surface area (Å²) in [6.45, 7) is 12.5. The second-order valence-electron chi connectivity index (χ2n) is 6.62. The number of hydrogen-bond donors (Lipinski definition) is 1. The number of hydrogen-bond acceptors (Lipinski definition) is 2. The van der Waals surface area contributed by atoms with Crippen LogP contribution in [0, 0.1) is 19.3 Å². The average molecular weight is 249 g/mol. The molecule has 0 saturated heterocycles. The standard InChI is InChI=1S/C16H27NO/c1-12-7-8-14(9-13(12)2)15(18)10-17(6)11-16(3,4)5/h7-9,15,18H,10-11H2,1-6H3. The van der Waals surface area contributed by atoms with Gasteiger partial charge in [0, 0.05) is 13.1 Å². The van der Waals surface area contributed by atoms with Gasteiger partial charge in [-0.1, -0.05) is 39.0 Å². The first-order valence-electron chi connectivity index (χ1n) is 6.63. The summed E-state index contributed by atoms with van der Waals surface area (Å²) in [7, 11) is 2.06. The van der Waals surface area contributed by atoms with Gasteiger partial charge in [-0.15, -0.1) is 0 Å². The quantitative estimate of drug-likeness (QED) is 0.885. The molecule has 102 valence electrons. The van der Waals surface area contributed by atoms with E-state index in [1.807, 2.05) is 6.07 Å². The summed E-state index contributed by atoms with van der Waals surface area (Å²) >= 11 is 0. The smallest absolute Gasteiger partial charge is 0.0916 e. The van der Waals surface area contributed by atoms with Crippen molar-refractivity contribution in [3.63, 3.8) is 0 Å². The van der Waals surface area contributed by atoms with E-state index in [0.29, 0.717) is 6.54 Å². The summed E-state index contributed by atoms with van der Waals surface area (Å²) in [5, 5.41) is 10.3. The summed E-state index contributed by atoms with van der Waals surface area (Å²) in [6.07, 6.45) is -0.406. The lowest BCUT2D eigenvalue weighted by Crippen LogP contribution is -2.32. The van der Waals surface area contributed by atoms with E-state index in [4.69, 9.17) is 0 Å². The zero-order chi connectivity index (χ0) is 13.9. The Bertz CT molecular complexity index is 393. The molecule has 2 nitrogen and oxygen atoms in total. The van der Waals surface area contributed by atoms with E-state index >= 15 is 0 Å². The largest absolute Gasteiger partial charge is 0.387 e. The molecule has 0 bridgehead atoms. The third kappa shape index (κ3) is 4.79. The molecule has 0 heterocycles. The SMILES string of the molecule is Cc1ccc(C(O)CN(C)CC(C)(C)C)cc1C. The molecule has 0 amide bonds. The Hall–Kier alpha value is -0.860. The van der Waals surface area contributed by atoms with Gasteiger partial charge in [-0.3, -0.25) is 0 Å². The maximum atomic E-state index is 10.3. The van der Waals surface area contributed by atoms with E-state index in [-0.39, 0.29) is 5.41 Å². The first kappa shape index (κ1) is 15.2. The molecular weight excluding hydrogens is 222 g/mol. The van der Waals surface area contributed by atoms with Crippen LogP contribution in [0.15, 0.2) is 18.2 Å². The van der Waals surface area contributed by atoms with Crippen LogP contribution in [-0.4, -0.2) is 30.1 Å². The highest BCUT2D eigenvalue weighted by Gasteiger charge is 2.17. The Kier molecular flexibility index (Phi) is 4.94. The lowest BCUT2D eigenvalue weighted by Gasteiger charge is -2.28. The maximum Gasteiger partial charge on any atom is 0.0916 e. The number of likely N-dealkylation sites (N-methyl/N-ethyl adjacent to an activating group) is 1. The van der Waals surface area contributed by atoms with Crippen molar-refractivity contribution in [3.8, 4) is 0 Å². The van der Waals surface area contributed by atoms with Crippen molar-refractivity contribution in [1.82, 2.24) is 4.90 Å². The average Bonchev–Trinajstić information content (AvgIpc) is 2.18. The minimum atomic E-state index is -0.406. The Morgan fingerprint density at radius 1 is 1.17 bits per heavy atom. The number of rotatable bonds is 4. The fourth-order valence-corrected chi connectivity index (χ4v) is 2.25. The van der Waals surface area contributed by atoms with Crippen molar-refractivity contribution in [3.05, 3.63) is 34.9 Å². The monoisotopic (exact) mass is 249 g/mol. The number of aliphatic hydroxyl groups excluding tert-OH is 1. The van der Waals surface area contributed by atoms with Crippen LogP contribution < -0.4 is 0 Å². The molecule has 1 atom stereocenters. The maximum absolute atomic E-state index is 10.3. The summed E-state index contributed by atoms with van der Waals surface area (Å²) in [6, 6.07) is 6.19. The first-order valence-corrected chi connectivity index (χ1v) is 6.63. The zero-order valence-electron chi connectivity index (χ0n) is 12.6. The van der Waals surface area contributed by atoms with Crippen LogP contribution >= 0.6 is 0 Å². The predicted molar refractivity (Wildman–Crippen MR) is 77.8 cm³/mol. The van der Waals surface area contributed by atoms with Crippen molar-refractivity contribution < 1.29 is 5.11 Å². The lowest BCUT2D eigenvalue weighted by molar-refractivity contribution is 0.108. The molecule has 1 unspecified atom stereocenters. The predicted octanol–water partition coefficient (Wildman–Crippen LogP) is 3.31. The fourth-order valence-electron chi connectivity index (χ4n) is 2.25. The highest BCUT2D eigenvalue weighted by molar-refractivity contribution is 5.31. The molecule has 2 heteroatoms. The van der Waals surface area contributed by atoms with E-state index in [1.165, 1.54) is 11.1 Å². The minimum absolute atomic E-state index is 0.262. The molecule has 1 N–H and O–H groups in total. The van der Waals surface area contributed by atoms with Crippen LogP contribution in [0.3, 0.4) is 0 Å². The Labute approximate surface area is 112 Å². The molecule has 0 aliphatic carbocycles. The second-order valence-corrected chi connectivity index (χ2v) is 6.62. The summed E-state index contributed by atoms with van der Waals surface area (Å²) in [4.78, 5) is 2.19. The van der Waals surface area contributed by atoms with Crippen LogP contribution in [0.25, 0.3) is 0 Å². The van der Waals surface area contributed by atoms with E-state index in [0.717, 1.165) is 12.1 Å². The van der Waals surface area contributed by atoms with Crippen LogP contribution in [0.4, 0.5) is 0 Å². The topological polar surface area (TPSA) is 23.5 Å². The molecule has 0 fully saturated rings. The van der Waals surface area contributed by atoms with E-state index in [2.05, 4.69) is 58.7 Å². The number of aliphatic hydroxyl groups is 1. The molecule has 0 saturated carbocycles. The van der Waals surface area contributed by atoms with Crippen LogP contribution in [-0.2, 0) is 0 Å². The van der Waals surface area contributed by atoms with Gasteiger partial charge in [0.1, 0.15) is 0 Å². The third-order valence-electron chi connectivity index (χ3n) is 3.14. The minimum Gasteiger partial charge on any atom is -0.387 e. The van der Waals surface area contributed by atoms with Crippen LogP contribution in [0.2, 0.25) is 0 Å². The van der Waals surface area contributed by atoms with Crippen molar-refractivity contribution in [1.29, 1.82) is 0 Å². The normalized spacial score (nSPS) is 14.0. The molecule has 1 aromatic rings. The van der Waals surface area contributed by atoms with E-state index in [1.54, 1.807) is 0 Å². The van der Waals surface area contributed by atoms with Crippen molar-refractivity contribution in [2.24, 2.45) is 5.41 Å². The third-order valence-corrected chi connectivity index (χ3v) is 3.14. The molecule has 0 spiro atoms. The zero-order valence-corrected chi connectivity index (χ0v) is 12.6.